The molecule has 41 heavy (non-hydrogen) atoms. The van der Waals surface area contributed by atoms with Gasteiger partial charge in [-0.3, -0.25) is 18.9 Å². The molecule has 11 heteroatoms. The largest absolute Gasteiger partial charge is 0.469 e. The van der Waals surface area contributed by atoms with Crippen LogP contribution in [0.1, 0.15) is 149 Å². The molecule has 0 spiro atoms. The Balaban J connectivity index is 3.99. The molecular weight excluding hydrogens is 549 g/mol. The number of rotatable bonds is 29. The monoisotopic (exact) mass is 607 g/mol. The number of hydrogen-bond donors (Lipinski definition) is 3. The Kier molecular flexibility index (Phi) is 26.4. The average molecular weight is 608 g/mol. The van der Waals surface area contributed by atoms with Crippen molar-refractivity contribution in [1.29, 1.82) is 0 Å². The summed E-state index contributed by atoms with van der Waals surface area (Å²) in [6.07, 6.45) is 20.1. The summed E-state index contributed by atoms with van der Waals surface area (Å²) < 4.78 is 26.1. The predicted octanol–water partition coefficient (Wildman–Crippen LogP) is 6.90. The number of carbonyl (C=O) groups is 3. The van der Waals surface area contributed by atoms with E-state index in [4.69, 9.17) is 19.3 Å². The molecule has 0 bridgehead atoms. The van der Waals surface area contributed by atoms with Crippen molar-refractivity contribution in [3.8, 4) is 0 Å². The van der Waals surface area contributed by atoms with Crippen molar-refractivity contribution in [3.63, 3.8) is 0 Å². The fourth-order valence-electron chi connectivity index (χ4n) is 4.45. The zero-order valence-electron chi connectivity index (χ0n) is 25.7. The van der Waals surface area contributed by atoms with Crippen LogP contribution in [0.25, 0.3) is 0 Å². The van der Waals surface area contributed by atoms with E-state index in [1.165, 1.54) is 45.4 Å². The first-order valence-corrected chi connectivity index (χ1v) is 17.5. The van der Waals surface area contributed by atoms with Gasteiger partial charge in [-0.25, -0.2) is 4.57 Å². The van der Waals surface area contributed by atoms with Crippen LogP contribution in [0.15, 0.2) is 0 Å². The summed E-state index contributed by atoms with van der Waals surface area (Å²) in [7, 11) is -4.75. The molecule has 0 radical (unpaired) electrons. The molecule has 0 saturated heterocycles. The van der Waals surface area contributed by atoms with Gasteiger partial charge in [0.15, 0.2) is 6.10 Å². The molecule has 1 atom stereocenters. The topological polar surface area (TPSA) is 148 Å². The zero-order chi connectivity index (χ0) is 30.6. The van der Waals surface area contributed by atoms with Gasteiger partial charge in [0.1, 0.15) is 6.61 Å². The van der Waals surface area contributed by atoms with E-state index in [1.54, 1.807) is 0 Å². The Bertz CT molecular complexity index is 714. The lowest BCUT2D eigenvalue weighted by molar-refractivity contribution is -0.161. The van der Waals surface area contributed by atoms with Gasteiger partial charge < -0.3 is 24.6 Å². The predicted molar refractivity (Wildman–Crippen MR) is 160 cm³/mol. The van der Waals surface area contributed by atoms with Gasteiger partial charge in [0.05, 0.1) is 6.61 Å². The Labute approximate surface area is 248 Å². The van der Waals surface area contributed by atoms with Crippen molar-refractivity contribution in [2.75, 3.05) is 19.8 Å². The van der Waals surface area contributed by atoms with Crippen LogP contribution in [0.3, 0.4) is 0 Å². The van der Waals surface area contributed by atoms with Crippen molar-refractivity contribution < 1.29 is 42.7 Å². The van der Waals surface area contributed by atoms with E-state index in [0.717, 1.165) is 77.2 Å². The van der Waals surface area contributed by atoms with Crippen molar-refractivity contribution in [2.24, 2.45) is 0 Å². The lowest BCUT2D eigenvalue weighted by Crippen LogP contribution is -2.29. The van der Waals surface area contributed by atoms with E-state index in [2.05, 4.69) is 16.8 Å². The molecule has 3 N–H and O–H groups in total. The number of hydrogen-bond acceptors (Lipinski definition) is 7. The van der Waals surface area contributed by atoms with Gasteiger partial charge in [0.25, 0.3) is 0 Å². The summed E-state index contributed by atoms with van der Waals surface area (Å²) in [6.45, 7) is 3.63. The minimum atomic E-state index is -4.75. The molecule has 242 valence electrons. The standard InChI is InChI=1S/C30H58NO9P/c1-3-4-5-6-7-8-10-14-17-20-23-30(34)40-28(26-39-41(35,36)37)25-38-29(33)22-19-16-13-11-9-12-15-18-21-24-31-27(2)32/h28H,3-26H2,1-2H3,(H,31,32)(H2,35,36,37)/t28-/m0/s1. The summed E-state index contributed by atoms with van der Waals surface area (Å²) in [5.41, 5.74) is 0. The van der Waals surface area contributed by atoms with E-state index in [-0.39, 0.29) is 25.4 Å². The Morgan fingerprint density at radius 2 is 1.10 bits per heavy atom. The quantitative estimate of drug-likeness (QED) is 0.0469. The Morgan fingerprint density at radius 3 is 1.56 bits per heavy atom. The van der Waals surface area contributed by atoms with Crippen molar-refractivity contribution >= 4 is 25.7 Å². The van der Waals surface area contributed by atoms with E-state index in [0.29, 0.717) is 12.8 Å². The molecule has 0 aromatic heterocycles. The highest BCUT2D eigenvalue weighted by Crippen LogP contribution is 2.35. The maximum absolute atomic E-state index is 12.2. The van der Waals surface area contributed by atoms with Gasteiger partial charge in [0.2, 0.25) is 5.91 Å². The molecule has 0 aliphatic heterocycles. The number of phosphoric ester groups is 1. The molecule has 0 fully saturated rings. The lowest BCUT2D eigenvalue weighted by atomic mass is 10.1. The van der Waals surface area contributed by atoms with Crippen LogP contribution in [0.4, 0.5) is 0 Å². The van der Waals surface area contributed by atoms with E-state index >= 15 is 0 Å². The van der Waals surface area contributed by atoms with E-state index in [1.807, 2.05) is 0 Å². The highest BCUT2D eigenvalue weighted by Gasteiger charge is 2.22. The smallest absolute Gasteiger partial charge is 0.462 e. The molecule has 0 unspecified atom stereocenters. The molecule has 0 aliphatic carbocycles. The number of nitrogens with one attached hydrogen (secondary N) is 1. The molecule has 0 aromatic carbocycles. The Morgan fingerprint density at radius 1 is 0.659 bits per heavy atom. The number of ether oxygens (including phenoxy) is 2. The highest BCUT2D eigenvalue weighted by molar-refractivity contribution is 7.46. The summed E-state index contributed by atoms with van der Waals surface area (Å²) in [5.74, 6) is -0.912. The van der Waals surface area contributed by atoms with Gasteiger partial charge >= 0.3 is 19.8 Å². The molecule has 0 aliphatic rings. The normalized spacial score (nSPS) is 12.2. The molecule has 0 aromatic rings. The van der Waals surface area contributed by atoms with Crippen LogP contribution in [-0.4, -0.2) is 53.5 Å². The van der Waals surface area contributed by atoms with Crippen LogP contribution < -0.4 is 5.32 Å². The first-order chi connectivity index (χ1) is 19.6. The fourth-order valence-corrected chi connectivity index (χ4v) is 4.81. The third kappa shape index (κ3) is 31.3. The molecular formula is C30H58NO9P. The number of unbranched alkanes of at least 4 members (excludes halogenated alkanes) is 17. The minimum Gasteiger partial charge on any atom is -0.462 e. The molecule has 0 saturated carbocycles. The van der Waals surface area contributed by atoms with Crippen LogP contribution >= 0.6 is 7.82 Å². The fraction of sp³-hybridized carbons (Fsp3) is 0.900. The van der Waals surface area contributed by atoms with Crippen LogP contribution in [-0.2, 0) is 32.9 Å². The van der Waals surface area contributed by atoms with Gasteiger partial charge in [-0.2, -0.15) is 0 Å². The average Bonchev–Trinajstić information content (AvgIpc) is 2.91. The highest BCUT2D eigenvalue weighted by atomic mass is 31.2. The first-order valence-electron chi connectivity index (χ1n) is 15.9. The first kappa shape index (κ1) is 39.5. The van der Waals surface area contributed by atoms with Crippen LogP contribution in [0.5, 0.6) is 0 Å². The van der Waals surface area contributed by atoms with Gasteiger partial charge in [0, 0.05) is 26.3 Å². The van der Waals surface area contributed by atoms with Crippen molar-refractivity contribution in [1.82, 2.24) is 5.32 Å². The summed E-state index contributed by atoms with van der Waals surface area (Å²) >= 11 is 0. The molecule has 0 rings (SSSR count). The minimum absolute atomic E-state index is 0.0147. The second-order valence-corrected chi connectivity index (χ2v) is 12.2. The number of carbonyl (C=O) groups excluding carboxylic acids is 3. The Hall–Kier alpha value is -1.48. The molecule has 1 amide bonds. The van der Waals surface area contributed by atoms with Crippen molar-refractivity contribution in [3.05, 3.63) is 0 Å². The lowest BCUT2D eigenvalue weighted by Gasteiger charge is -2.18. The van der Waals surface area contributed by atoms with E-state index < -0.39 is 32.5 Å². The van der Waals surface area contributed by atoms with Crippen LogP contribution in [0, 0.1) is 0 Å². The maximum atomic E-state index is 12.2. The summed E-state index contributed by atoms with van der Waals surface area (Å²) in [5, 5.41) is 2.80. The van der Waals surface area contributed by atoms with E-state index in [9.17, 15) is 18.9 Å². The third-order valence-electron chi connectivity index (χ3n) is 6.82. The number of phosphoric acid groups is 1. The molecule has 0 heterocycles. The summed E-state index contributed by atoms with van der Waals surface area (Å²) in [6, 6.07) is 0. The molecule has 10 nitrogen and oxygen atoms in total. The second-order valence-electron chi connectivity index (χ2n) is 10.9. The number of esters is 2. The van der Waals surface area contributed by atoms with Gasteiger partial charge in [-0.1, -0.05) is 110 Å². The zero-order valence-corrected chi connectivity index (χ0v) is 26.6. The maximum Gasteiger partial charge on any atom is 0.469 e. The van der Waals surface area contributed by atoms with Gasteiger partial charge in [-0.15, -0.1) is 0 Å². The second kappa shape index (κ2) is 27.4. The number of amides is 1. The third-order valence-corrected chi connectivity index (χ3v) is 7.31. The van der Waals surface area contributed by atoms with Crippen LogP contribution in [0.2, 0.25) is 0 Å². The van der Waals surface area contributed by atoms with Crippen molar-refractivity contribution in [2.45, 2.75) is 155 Å². The summed E-state index contributed by atoms with van der Waals surface area (Å²) in [4.78, 5) is 53.2. The SMILES string of the molecule is CCCCCCCCCCCCC(=O)O[C@@H](COC(=O)CCCCCCCCCCCNC(C)=O)COP(=O)(O)O. The van der Waals surface area contributed by atoms with Gasteiger partial charge in [-0.05, 0) is 19.3 Å².